The minimum atomic E-state index is -3.17. The van der Waals surface area contributed by atoms with Crippen LogP contribution in [0.25, 0.3) is 22.5 Å². The van der Waals surface area contributed by atoms with Gasteiger partial charge in [-0.3, -0.25) is 4.90 Å². The highest BCUT2D eigenvalue weighted by molar-refractivity contribution is 7.88. The molecule has 2 aliphatic heterocycles. The number of morpholine rings is 1. The van der Waals surface area contributed by atoms with Crippen LogP contribution in [0.5, 0.6) is 6.01 Å². The zero-order chi connectivity index (χ0) is 23.7. The van der Waals surface area contributed by atoms with E-state index in [2.05, 4.69) is 19.8 Å². The summed E-state index contributed by atoms with van der Waals surface area (Å²) in [6.07, 6.45) is 4.52. The first-order chi connectivity index (χ1) is 16.4. The Kier molecular flexibility index (Phi) is 6.34. The molecule has 0 aromatic carbocycles. The van der Waals surface area contributed by atoms with Gasteiger partial charge in [-0.25, -0.2) is 28.4 Å². The summed E-state index contributed by atoms with van der Waals surface area (Å²) in [5.74, 6) is 1.98. The molecule has 2 aliphatic rings. The number of ether oxygens (including phenoxy) is 2. The van der Waals surface area contributed by atoms with Gasteiger partial charge in [0.15, 0.2) is 17.2 Å². The second kappa shape index (κ2) is 9.41. The molecule has 3 aromatic heterocycles. The number of hydrogen-bond acceptors (Lipinski definition) is 11. The summed E-state index contributed by atoms with van der Waals surface area (Å²) < 4.78 is 41.9. The third-order valence-electron chi connectivity index (χ3n) is 5.96. The van der Waals surface area contributed by atoms with E-state index in [1.807, 2.05) is 6.07 Å². The lowest BCUT2D eigenvalue weighted by molar-refractivity contribution is 0.122. The number of methoxy groups -OCH3 is 1. The van der Waals surface area contributed by atoms with Gasteiger partial charge in [0.1, 0.15) is 11.3 Å². The maximum absolute atomic E-state index is 11.8. The highest BCUT2D eigenvalue weighted by atomic mass is 32.2. The van der Waals surface area contributed by atoms with Crippen LogP contribution in [0.3, 0.4) is 0 Å². The lowest BCUT2D eigenvalue weighted by atomic mass is 10.3. The van der Waals surface area contributed by atoms with Crippen molar-refractivity contribution in [3.63, 3.8) is 0 Å². The zero-order valence-electron chi connectivity index (χ0n) is 19.2. The SMILES string of the molecule is COc1ncc(-c2nc(N3CCOCC3)c3oc(CN4CCN(S(C)(=O)=O)CC4)cc3n2)cn1. The van der Waals surface area contributed by atoms with E-state index in [1.54, 1.807) is 12.4 Å². The maximum Gasteiger partial charge on any atom is 0.316 e. The third kappa shape index (κ3) is 4.82. The van der Waals surface area contributed by atoms with E-state index in [1.165, 1.54) is 17.7 Å². The molecule has 34 heavy (non-hydrogen) atoms. The molecule has 5 heterocycles. The predicted octanol–water partition coefficient (Wildman–Crippen LogP) is 0.602. The smallest absolute Gasteiger partial charge is 0.316 e. The summed E-state index contributed by atoms with van der Waals surface area (Å²) in [5, 5.41) is 0. The van der Waals surface area contributed by atoms with Gasteiger partial charge in [0.25, 0.3) is 0 Å². The number of furan rings is 1. The van der Waals surface area contributed by atoms with E-state index in [9.17, 15) is 8.42 Å². The molecule has 5 rings (SSSR count). The molecular weight excluding hydrogens is 462 g/mol. The van der Waals surface area contributed by atoms with E-state index < -0.39 is 10.0 Å². The summed E-state index contributed by atoms with van der Waals surface area (Å²) in [6, 6.07) is 2.21. The second-order valence-electron chi connectivity index (χ2n) is 8.29. The van der Waals surface area contributed by atoms with Gasteiger partial charge >= 0.3 is 6.01 Å². The molecular formula is C21H27N7O5S. The normalized spacial score (nSPS) is 18.5. The number of anilines is 1. The molecule has 0 bridgehead atoms. The van der Waals surface area contributed by atoms with E-state index >= 15 is 0 Å². The number of sulfonamides is 1. The average molecular weight is 490 g/mol. The summed E-state index contributed by atoms with van der Waals surface area (Å²) in [6.45, 7) is 5.43. The fraction of sp³-hybridized carbons (Fsp3) is 0.524. The van der Waals surface area contributed by atoms with Gasteiger partial charge in [-0.05, 0) is 0 Å². The summed E-state index contributed by atoms with van der Waals surface area (Å²) >= 11 is 0. The summed E-state index contributed by atoms with van der Waals surface area (Å²) in [7, 11) is -1.65. The van der Waals surface area contributed by atoms with Crippen molar-refractivity contribution in [3.8, 4) is 17.4 Å². The van der Waals surface area contributed by atoms with Gasteiger partial charge in [0.05, 0.1) is 38.7 Å². The Balaban J connectivity index is 1.44. The molecule has 2 saturated heterocycles. The lowest BCUT2D eigenvalue weighted by Crippen LogP contribution is -2.47. The van der Waals surface area contributed by atoms with E-state index in [-0.39, 0.29) is 6.01 Å². The van der Waals surface area contributed by atoms with Crippen LogP contribution in [-0.2, 0) is 21.3 Å². The first-order valence-corrected chi connectivity index (χ1v) is 12.9. The molecule has 0 N–H and O–H groups in total. The van der Waals surface area contributed by atoms with Crippen molar-refractivity contribution in [1.82, 2.24) is 29.1 Å². The lowest BCUT2D eigenvalue weighted by Gasteiger charge is -2.32. The van der Waals surface area contributed by atoms with Crippen LogP contribution >= 0.6 is 0 Å². The van der Waals surface area contributed by atoms with Gasteiger partial charge in [-0.15, -0.1) is 0 Å². The van der Waals surface area contributed by atoms with E-state index in [4.69, 9.17) is 23.9 Å². The molecule has 12 nitrogen and oxygen atoms in total. The van der Waals surface area contributed by atoms with Crippen LogP contribution in [-0.4, -0.2) is 103 Å². The number of aromatic nitrogens is 4. The molecule has 3 aromatic rings. The molecule has 0 unspecified atom stereocenters. The third-order valence-corrected chi connectivity index (χ3v) is 7.27. The first kappa shape index (κ1) is 22.9. The average Bonchev–Trinajstić information content (AvgIpc) is 3.26. The van der Waals surface area contributed by atoms with E-state index in [0.717, 1.165) is 5.76 Å². The largest absolute Gasteiger partial charge is 0.467 e. The molecule has 182 valence electrons. The number of nitrogens with zero attached hydrogens (tertiary/aromatic N) is 7. The summed E-state index contributed by atoms with van der Waals surface area (Å²) in [4.78, 5) is 22.2. The fourth-order valence-corrected chi connectivity index (χ4v) is 4.96. The standard InChI is InChI=1S/C21H27N7O5S/c1-31-21-22-12-15(13-23-21)19-24-17-11-16(14-26-3-5-28(6-4-26)34(2,29)30)33-18(17)20(25-19)27-7-9-32-10-8-27/h11-13H,3-10,14H2,1-2H3. The topological polar surface area (TPSA) is 127 Å². The maximum atomic E-state index is 11.8. The molecule has 0 atom stereocenters. The summed E-state index contributed by atoms with van der Waals surface area (Å²) in [5.41, 5.74) is 2.01. The molecule has 2 fully saturated rings. The van der Waals surface area contributed by atoms with Gasteiger partial charge in [-0.2, -0.15) is 4.31 Å². The zero-order valence-corrected chi connectivity index (χ0v) is 20.0. The Morgan fingerprint density at radius 1 is 1.03 bits per heavy atom. The van der Waals surface area contributed by atoms with Crippen LogP contribution in [0.4, 0.5) is 5.82 Å². The highest BCUT2D eigenvalue weighted by Gasteiger charge is 2.26. The fourth-order valence-electron chi connectivity index (χ4n) is 4.14. The van der Waals surface area contributed by atoms with Gasteiger partial charge in [0.2, 0.25) is 10.0 Å². The molecule has 0 amide bonds. The molecule has 13 heteroatoms. The number of hydrogen-bond donors (Lipinski definition) is 0. The number of rotatable bonds is 6. The monoisotopic (exact) mass is 489 g/mol. The van der Waals surface area contributed by atoms with Crippen molar-refractivity contribution in [2.45, 2.75) is 6.54 Å². The van der Waals surface area contributed by atoms with E-state index in [0.29, 0.717) is 87.3 Å². The van der Waals surface area contributed by atoms with Crippen molar-refractivity contribution < 1.29 is 22.3 Å². The number of fused-ring (bicyclic) bond motifs is 1. The van der Waals surface area contributed by atoms with Crippen LogP contribution in [0.1, 0.15) is 5.76 Å². The number of piperazine rings is 1. The minimum Gasteiger partial charge on any atom is -0.467 e. The van der Waals surface area contributed by atoms with Gasteiger partial charge in [-0.1, -0.05) is 0 Å². The quantitative estimate of drug-likeness (QED) is 0.483. The van der Waals surface area contributed by atoms with Crippen molar-refractivity contribution in [2.24, 2.45) is 0 Å². The Hall–Kier alpha value is -2.87. The first-order valence-electron chi connectivity index (χ1n) is 11.1. The minimum absolute atomic E-state index is 0.278. The van der Waals surface area contributed by atoms with Crippen molar-refractivity contribution in [1.29, 1.82) is 0 Å². The molecule has 0 radical (unpaired) electrons. The Labute approximate surface area is 197 Å². The van der Waals surface area contributed by atoms with Gasteiger partial charge < -0.3 is 18.8 Å². The second-order valence-corrected chi connectivity index (χ2v) is 10.3. The van der Waals surface area contributed by atoms with Crippen LogP contribution in [0, 0.1) is 0 Å². The Morgan fingerprint density at radius 2 is 1.74 bits per heavy atom. The van der Waals surface area contributed by atoms with Gasteiger partial charge in [0, 0.05) is 57.7 Å². The van der Waals surface area contributed by atoms with Crippen molar-refractivity contribution in [2.75, 3.05) is 70.7 Å². The highest BCUT2D eigenvalue weighted by Crippen LogP contribution is 2.31. The van der Waals surface area contributed by atoms with Crippen LogP contribution < -0.4 is 9.64 Å². The van der Waals surface area contributed by atoms with Crippen molar-refractivity contribution in [3.05, 3.63) is 24.2 Å². The molecule has 0 saturated carbocycles. The van der Waals surface area contributed by atoms with Crippen LogP contribution in [0.15, 0.2) is 22.9 Å². The van der Waals surface area contributed by atoms with Crippen molar-refractivity contribution >= 4 is 26.9 Å². The Morgan fingerprint density at radius 3 is 2.38 bits per heavy atom. The molecule has 0 aliphatic carbocycles. The predicted molar refractivity (Wildman–Crippen MR) is 124 cm³/mol. The Bertz CT molecular complexity index is 1250. The molecule has 0 spiro atoms. The van der Waals surface area contributed by atoms with Crippen LogP contribution in [0.2, 0.25) is 0 Å².